The van der Waals surface area contributed by atoms with E-state index in [0.717, 1.165) is 6.07 Å². The van der Waals surface area contributed by atoms with Gasteiger partial charge in [0.1, 0.15) is 5.56 Å². The molecule has 0 saturated carbocycles. The van der Waals surface area contributed by atoms with Gasteiger partial charge in [0.05, 0.1) is 9.85 Å². The first kappa shape index (κ1) is 12.7. The maximum absolute atomic E-state index is 11.9. The van der Waals surface area contributed by atoms with Crippen molar-refractivity contribution in [2.24, 2.45) is 0 Å². The van der Waals surface area contributed by atoms with Gasteiger partial charge >= 0.3 is 11.4 Å². The van der Waals surface area contributed by atoms with E-state index < -0.39 is 38.6 Å². The van der Waals surface area contributed by atoms with E-state index in [0.29, 0.717) is 0 Å². The summed E-state index contributed by atoms with van der Waals surface area (Å²) in [5.74, 6) is -1.71. The molecule has 0 atom stereocenters. The molecule has 0 radical (unpaired) electrons. The molecular weight excluding hydrogens is 282 g/mol. The van der Waals surface area contributed by atoms with Gasteiger partial charge < -0.3 is 0 Å². The largest absolute Gasteiger partial charge is 0.359 e. The van der Waals surface area contributed by atoms with Crippen molar-refractivity contribution in [3.63, 3.8) is 0 Å². The Balaban J connectivity index is 2.60. The summed E-state index contributed by atoms with van der Waals surface area (Å²) in [5.41, 5.74) is -2.09. The first-order valence-electron chi connectivity index (χ1n) is 5.66. The number of carbonyl (C=O) groups is 2. The van der Waals surface area contributed by atoms with E-state index in [9.17, 15) is 29.8 Å². The molecule has 21 heavy (non-hydrogen) atoms. The molecule has 0 fully saturated rings. The molecule has 0 spiro atoms. The summed E-state index contributed by atoms with van der Waals surface area (Å²) in [4.78, 5) is 43.9. The van der Waals surface area contributed by atoms with Gasteiger partial charge in [-0.3, -0.25) is 35.1 Å². The van der Waals surface area contributed by atoms with Crippen molar-refractivity contribution in [1.29, 1.82) is 0 Å². The van der Waals surface area contributed by atoms with Gasteiger partial charge in [-0.15, -0.1) is 0 Å². The van der Waals surface area contributed by atoms with E-state index in [2.05, 4.69) is 0 Å². The fraction of sp³-hybridized carbons (Fsp3) is 0. The van der Waals surface area contributed by atoms with Crippen LogP contribution in [0.1, 0.15) is 20.7 Å². The van der Waals surface area contributed by atoms with Crippen LogP contribution in [0.25, 0.3) is 10.8 Å². The number of rotatable bonds is 2. The Morgan fingerprint density at radius 1 is 1.00 bits per heavy atom. The molecule has 2 amide bonds. The van der Waals surface area contributed by atoms with Crippen molar-refractivity contribution in [3.8, 4) is 0 Å². The third kappa shape index (κ3) is 1.64. The van der Waals surface area contributed by atoms with E-state index >= 15 is 0 Å². The number of carbonyl (C=O) groups excluding carboxylic acids is 2. The van der Waals surface area contributed by atoms with Gasteiger partial charge in [0.2, 0.25) is 0 Å². The molecule has 0 unspecified atom stereocenters. The highest BCUT2D eigenvalue weighted by atomic mass is 16.6. The lowest BCUT2D eigenvalue weighted by atomic mass is 9.93. The summed E-state index contributed by atoms with van der Waals surface area (Å²) in [6.45, 7) is 0. The monoisotopic (exact) mass is 287 g/mol. The molecular formula is C12H5N3O6. The zero-order chi connectivity index (χ0) is 15.3. The number of nitro benzene ring substituents is 2. The van der Waals surface area contributed by atoms with Crippen LogP contribution in [0.3, 0.4) is 0 Å². The van der Waals surface area contributed by atoms with Gasteiger partial charge in [-0.1, -0.05) is 12.1 Å². The van der Waals surface area contributed by atoms with Gasteiger partial charge in [0, 0.05) is 17.0 Å². The first-order chi connectivity index (χ1) is 9.91. The minimum Gasteiger partial charge on any atom is -0.288 e. The Bertz CT molecular complexity index is 873. The molecule has 1 aliphatic rings. The van der Waals surface area contributed by atoms with Gasteiger partial charge in [-0.25, -0.2) is 0 Å². The molecule has 0 saturated heterocycles. The Kier molecular flexibility index (Phi) is 2.45. The number of nitrogens with zero attached hydrogens (tertiary/aromatic N) is 2. The summed E-state index contributed by atoms with van der Waals surface area (Å²) in [7, 11) is 0. The van der Waals surface area contributed by atoms with Crippen LogP contribution in [0, 0.1) is 20.2 Å². The predicted octanol–water partition coefficient (Wildman–Crippen LogP) is 1.54. The third-order valence-corrected chi connectivity index (χ3v) is 3.20. The topological polar surface area (TPSA) is 132 Å². The summed E-state index contributed by atoms with van der Waals surface area (Å²) in [5, 5.41) is 24.4. The Labute approximate surface area is 115 Å². The lowest BCUT2D eigenvalue weighted by Gasteiger charge is -2.16. The van der Waals surface area contributed by atoms with E-state index in [-0.39, 0.29) is 16.3 Å². The van der Waals surface area contributed by atoms with Crippen LogP contribution in [0.2, 0.25) is 0 Å². The average Bonchev–Trinajstić information content (AvgIpc) is 2.42. The van der Waals surface area contributed by atoms with E-state index in [4.69, 9.17) is 0 Å². The highest BCUT2D eigenvalue weighted by Crippen LogP contribution is 2.39. The number of nitro groups is 2. The summed E-state index contributed by atoms with van der Waals surface area (Å²) in [6, 6.07) is 5.31. The zero-order valence-corrected chi connectivity index (χ0v) is 10.2. The first-order valence-corrected chi connectivity index (χ1v) is 5.66. The summed E-state index contributed by atoms with van der Waals surface area (Å²) < 4.78 is 0. The van der Waals surface area contributed by atoms with Gasteiger partial charge in [0.25, 0.3) is 11.8 Å². The smallest absolute Gasteiger partial charge is 0.288 e. The molecule has 0 aliphatic carbocycles. The van der Waals surface area contributed by atoms with Gasteiger partial charge in [-0.2, -0.15) is 0 Å². The average molecular weight is 287 g/mol. The molecule has 9 nitrogen and oxygen atoms in total. The molecule has 1 N–H and O–H groups in total. The SMILES string of the molecule is O=C1NC(=O)c2c([N+](=O)[O-])c([N+](=O)[O-])cc3cccc1c23. The molecule has 1 aliphatic heterocycles. The van der Waals surface area contributed by atoms with Gasteiger partial charge in [0.15, 0.2) is 0 Å². The number of nitrogens with one attached hydrogen (secondary N) is 1. The summed E-state index contributed by atoms with van der Waals surface area (Å²) >= 11 is 0. The Morgan fingerprint density at radius 2 is 1.71 bits per heavy atom. The number of amides is 2. The Hall–Kier alpha value is -3.36. The minimum atomic E-state index is -1.01. The van der Waals surface area contributed by atoms with Crippen LogP contribution < -0.4 is 5.32 Å². The van der Waals surface area contributed by atoms with Crippen molar-refractivity contribution in [1.82, 2.24) is 5.32 Å². The van der Waals surface area contributed by atoms with Crippen LogP contribution in [0.4, 0.5) is 11.4 Å². The highest BCUT2D eigenvalue weighted by Gasteiger charge is 2.38. The Morgan fingerprint density at radius 3 is 2.33 bits per heavy atom. The molecule has 3 rings (SSSR count). The summed E-state index contributed by atoms with van der Waals surface area (Å²) in [6.07, 6.45) is 0. The van der Waals surface area contributed by atoms with Crippen LogP contribution in [0.5, 0.6) is 0 Å². The normalized spacial score (nSPS) is 13.1. The predicted molar refractivity (Wildman–Crippen MR) is 69.1 cm³/mol. The number of benzene rings is 2. The number of hydrogen-bond donors (Lipinski definition) is 1. The van der Waals surface area contributed by atoms with Crippen LogP contribution in [-0.2, 0) is 0 Å². The molecule has 2 aromatic carbocycles. The molecule has 104 valence electrons. The van der Waals surface area contributed by atoms with Crippen LogP contribution >= 0.6 is 0 Å². The second-order valence-corrected chi connectivity index (χ2v) is 4.32. The van der Waals surface area contributed by atoms with Crippen molar-refractivity contribution in [3.05, 3.63) is 55.6 Å². The van der Waals surface area contributed by atoms with Crippen molar-refractivity contribution in [2.45, 2.75) is 0 Å². The van der Waals surface area contributed by atoms with Crippen molar-refractivity contribution >= 4 is 34.0 Å². The number of hydrogen-bond acceptors (Lipinski definition) is 6. The second-order valence-electron chi connectivity index (χ2n) is 4.32. The highest BCUT2D eigenvalue weighted by molar-refractivity contribution is 6.27. The molecule has 9 heteroatoms. The maximum atomic E-state index is 11.9. The van der Waals surface area contributed by atoms with E-state index in [1.165, 1.54) is 18.2 Å². The zero-order valence-electron chi connectivity index (χ0n) is 10.2. The fourth-order valence-corrected chi connectivity index (χ4v) is 2.40. The molecule has 2 aromatic rings. The van der Waals surface area contributed by atoms with E-state index in [1.54, 1.807) is 0 Å². The number of imide groups is 1. The quantitative estimate of drug-likeness (QED) is 0.506. The second kappa shape index (κ2) is 4.07. The van der Waals surface area contributed by atoms with Crippen LogP contribution in [-0.4, -0.2) is 21.7 Å². The van der Waals surface area contributed by atoms with Crippen molar-refractivity contribution < 1.29 is 19.4 Å². The lowest BCUT2D eigenvalue weighted by molar-refractivity contribution is -0.422. The van der Waals surface area contributed by atoms with Crippen molar-refractivity contribution in [2.75, 3.05) is 0 Å². The van der Waals surface area contributed by atoms with E-state index in [1.807, 2.05) is 5.32 Å². The maximum Gasteiger partial charge on any atom is 0.359 e. The molecule has 0 aromatic heterocycles. The van der Waals surface area contributed by atoms with Crippen LogP contribution in [0.15, 0.2) is 24.3 Å². The fourth-order valence-electron chi connectivity index (χ4n) is 2.40. The third-order valence-electron chi connectivity index (χ3n) is 3.20. The van der Waals surface area contributed by atoms with Gasteiger partial charge in [-0.05, 0) is 11.5 Å². The lowest BCUT2D eigenvalue weighted by Crippen LogP contribution is -2.35. The standard InChI is InChI=1S/C12H5N3O6/c16-11-6-3-1-2-5-4-7(14(18)19)10(15(20)21)9(8(5)6)12(17)13-11/h1-4H,(H,13,16,17). The molecule has 0 bridgehead atoms. The molecule has 1 heterocycles. The minimum absolute atomic E-state index is 0.0588.